The van der Waals surface area contributed by atoms with Gasteiger partial charge in [-0.05, 0) is 66.2 Å². The number of benzene rings is 2. The van der Waals surface area contributed by atoms with Gasteiger partial charge in [0.05, 0.1) is 14.5 Å². The molecule has 1 atom stereocenters. The quantitative estimate of drug-likeness (QED) is 0.124. The van der Waals surface area contributed by atoms with Crippen molar-refractivity contribution in [3.8, 4) is 11.8 Å². The number of amides is 1. The third-order valence-electron chi connectivity index (χ3n) is 5.06. The summed E-state index contributed by atoms with van der Waals surface area (Å²) in [6, 6.07) is 14.0. The first-order valence-corrected chi connectivity index (χ1v) is 11.5. The number of aliphatic hydroxyl groups excluding tert-OH is 1. The standard InChI is InChI=1S/C23H24IN7O3/c1-23(2,13-27-22(33)14-6-8-15(9-7-14)30-31-26)28-11-16(32)12-34-19-5-3-4-17-20(19)21(24)18(10-25)29-17/h3-9,16,28-29,32H,11-13H2,1-2H3,(H,27,33). The van der Waals surface area contributed by atoms with E-state index < -0.39 is 11.6 Å². The van der Waals surface area contributed by atoms with Gasteiger partial charge in [-0.2, -0.15) is 5.26 Å². The molecule has 0 spiro atoms. The van der Waals surface area contributed by atoms with Crippen LogP contribution in [-0.2, 0) is 0 Å². The van der Waals surface area contributed by atoms with Crippen LogP contribution in [0.25, 0.3) is 21.3 Å². The number of fused-ring (bicyclic) bond motifs is 1. The third-order valence-corrected chi connectivity index (χ3v) is 6.14. The molecule has 1 heterocycles. The number of nitrogens with zero attached hydrogens (tertiary/aromatic N) is 4. The molecule has 3 aromatic rings. The highest BCUT2D eigenvalue weighted by Crippen LogP contribution is 2.32. The van der Waals surface area contributed by atoms with Crippen molar-refractivity contribution in [2.75, 3.05) is 19.7 Å². The van der Waals surface area contributed by atoms with Crippen LogP contribution >= 0.6 is 22.6 Å². The maximum Gasteiger partial charge on any atom is 0.251 e. The number of aliphatic hydroxyl groups is 1. The van der Waals surface area contributed by atoms with E-state index >= 15 is 0 Å². The van der Waals surface area contributed by atoms with Crippen molar-refractivity contribution in [1.82, 2.24) is 15.6 Å². The number of aromatic amines is 1. The number of ether oxygens (including phenoxy) is 1. The number of H-pyrrole nitrogens is 1. The Kier molecular flexibility index (Phi) is 8.36. The summed E-state index contributed by atoms with van der Waals surface area (Å²) < 4.78 is 6.62. The van der Waals surface area contributed by atoms with Gasteiger partial charge < -0.3 is 25.5 Å². The normalized spacial score (nSPS) is 12.0. The van der Waals surface area contributed by atoms with Crippen LogP contribution in [0.15, 0.2) is 47.6 Å². The fourth-order valence-electron chi connectivity index (χ4n) is 3.21. The lowest BCUT2D eigenvalue weighted by Gasteiger charge is -2.28. The predicted octanol–water partition coefficient (Wildman–Crippen LogP) is 4.12. The summed E-state index contributed by atoms with van der Waals surface area (Å²) >= 11 is 2.11. The van der Waals surface area contributed by atoms with Gasteiger partial charge in [0.2, 0.25) is 0 Å². The van der Waals surface area contributed by atoms with Crippen LogP contribution in [0.4, 0.5) is 5.69 Å². The average Bonchev–Trinajstić information content (AvgIpc) is 3.17. The van der Waals surface area contributed by atoms with Gasteiger partial charge in [-0.15, -0.1) is 0 Å². The minimum Gasteiger partial charge on any atom is -0.490 e. The lowest BCUT2D eigenvalue weighted by Crippen LogP contribution is -2.51. The summed E-state index contributed by atoms with van der Waals surface area (Å²) in [7, 11) is 0. The van der Waals surface area contributed by atoms with E-state index in [9.17, 15) is 15.2 Å². The highest BCUT2D eigenvalue weighted by Gasteiger charge is 2.21. The molecule has 1 amide bonds. The maximum atomic E-state index is 12.4. The van der Waals surface area contributed by atoms with Crippen LogP contribution < -0.4 is 15.4 Å². The molecule has 10 nitrogen and oxygen atoms in total. The molecular formula is C23H24IN7O3. The SMILES string of the molecule is CC(C)(CNC(=O)c1ccc(N=[N+]=[N-])cc1)NCC(O)COc1cccc2[nH]c(C#N)c(I)c12. The fourth-order valence-corrected chi connectivity index (χ4v) is 4.02. The summed E-state index contributed by atoms with van der Waals surface area (Å²) in [6.45, 7) is 4.48. The molecule has 176 valence electrons. The molecule has 0 aliphatic rings. The summed E-state index contributed by atoms with van der Waals surface area (Å²) in [5, 5.41) is 30.0. The van der Waals surface area contributed by atoms with Gasteiger partial charge in [0, 0.05) is 34.8 Å². The van der Waals surface area contributed by atoms with Gasteiger partial charge in [-0.25, -0.2) is 0 Å². The van der Waals surface area contributed by atoms with Gasteiger partial charge in [0.15, 0.2) is 0 Å². The highest BCUT2D eigenvalue weighted by atomic mass is 127. The van der Waals surface area contributed by atoms with Crippen LogP contribution in [0.2, 0.25) is 0 Å². The second-order valence-electron chi connectivity index (χ2n) is 8.25. The van der Waals surface area contributed by atoms with Crippen LogP contribution in [0.5, 0.6) is 5.75 Å². The van der Waals surface area contributed by atoms with Crippen molar-refractivity contribution in [3.63, 3.8) is 0 Å². The number of nitriles is 1. The van der Waals surface area contributed by atoms with Crippen molar-refractivity contribution in [1.29, 1.82) is 5.26 Å². The van der Waals surface area contributed by atoms with Crippen LogP contribution in [0.1, 0.15) is 29.9 Å². The van der Waals surface area contributed by atoms with Crippen molar-refractivity contribution >= 4 is 45.1 Å². The first kappa shape index (κ1) is 25.3. The Bertz CT molecular complexity index is 1260. The average molecular weight is 573 g/mol. The van der Waals surface area contributed by atoms with E-state index in [0.29, 0.717) is 29.2 Å². The zero-order valence-corrected chi connectivity index (χ0v) is 20.8. The number of carbonyl (C=O) groups is 1. The largest absolute Gasteiger partial charge is 0.490 e. The topological polar surface area (TPSA) is 159 Å². The number of rotatable bonds is 10. The van der Waals surface area contributed by atoms with E-state index in [1.165, 1.54) is 0 Å². The second-order valence-corrected chi connectivity index (χ2v) is 9.33. The molecule has 2 aromatic carbocycles. The summed E-state index contributed by atoms with van der Waals surface area (Å²) in [5.74, 6) is 0.342. The summed E-state index contributed by atoms with van der Waals surface area (Å²) in [5.41, 5.74) is 10.1. The number of halogens is 1. The Morgan fingerprint density at radius 1 is 1.35 bits per heavy atom. The molecule has 0 aliphatic heterocycles. The fraction of sp³-hybridized carbons (Fsp3) is 0.304. The summed E-state index contributed by atoms with van der Waals surface area (Å²) in [4.78, 5) is 18.1. The number of carbonyl (C=O) groups excluding carboxylic acids is 1. The van der Waals surface area contributed by atoms with Crippen molar-refractivity contribution < 1.29 is 14.6 Å². The molecule has 0 bridgehead atoms. The Hall–Kier alpha value is -3.30. The van der Waals surface area contributed by atoms with Crippen molar-refractivity contribution in [2.45, 2.75) is 25.5 Å². The predicted molar refractivity (Wildman–Crippen MR) is 137 cm³/mol. The number of β-amino-alcohol motifs (C(OH)–C–C–N with tert-alkyl or cyclic N) is 1. The Morgan fingerprint density at radius 3 is 2.76 bits per heavy atom. The minimum atomic E-state index is -0.787. The van der Waals surface area contributed by atoms with E-state index in [0.717, 1.165) is 14.5 Å². The zero-order chi connectivity index (χ0) is 24.7. The number of hydrogen-bond acceptors (Lipinski definition) is 6. The van der Waals surface area contributed by atoms with Gasteiger partial charge >= 0.3 is 0 Å². The van der Waals surface area contributed by atoms with Gasteiger partial charge in [-0.1, -0.05) is 23.3 Å². The zero-order valence-electron chi connectivity index (χ0n) is 18.7. The summed E-state index contributed by atoms with van der Waals surface area (Å²) in [6.07, 6.45) is -0.787. The molecule has 0 saturated heterocycles. The smallest absolute Gasteiger partial charge is 0.251 e. The number of azide groups is 1. The number of aromatic nitrogens is 1. The second kappa shape index (κ2) is 11.2. The maximum absolute atomic E-state index is 12.4. The Balaban J connectivity index is 1.49. The van der Waals surface area contributed by atoms with Crippen LogP contribution in [0.3, 0.4) is 0 Å². The lowest BCUT2D eigenvalue weighted by molar-refractivity contribution is 0.0915. The van der Waals surface area contributed by atoms with Crippen molar-refractivity contribution in [3.05, 3.63) is 67.7 Å². The van der Waals surface area contributed by atoms with E-state index in [4.69, 9.17) is 10.3 Å². The van der Waals surface area contributed by atoms with Crippen molar-refractivity contribution in [2.24, 2.45) is 5.11 Å². The van der Waals surface area contributed by atoms with Gasteiger partial charge in [-0.3, -0.25) is 4.79 Å². The molecule has 1 aromatic heterocycles. The molecule has 0 saturated carbocycles. The van der Waals surface area contributed by atoms with E-state index in [-0.39, 0.29) is 19.1 Å². The molecule has 0 aliphatic carbocycles. The molecule has 11 heteroatoms. The van der Waals surface area contributed by atoms with E-state index in [1.807, 2.05) is 26.0 Å². The Morgan fingerprint density at radius 2 is 2.09 bits per heavy atom. The van der Waals surface area contributed by atoms with Gasteiger partial charge in [0.25, 0.3) is 5.91 Å². The molecule has 0 radical (unpaired) electrons. The minimum absolute atomic E-state index is 0.0647. The molecular weight excluding hydrogens is 549 g/mol. The third kappa shape index (κ3) is 6.39. The number of nitrogens with one attached hydrogen (secondary N) is 3. The van der Waals surface area contributed by atoms with E-state index in [2.05, 4.69) is 54.3 Å². The molecule has 4 N–H and O–H groups in total. The molecule has 34 heavy (non-hydrogen) atoms. The first-order valence-electron chi connectivity index (χ1n) is 10.4. The highest BCUT2D eigenvalue weighted by molar-refractivity contribution is 14.1. The Labute approximate surface area is 210 Å². The monoisotopic (exact) mass is 573 g/mol. The van der Waals surface area contributed by atoms with E-state index in [1.54, 1.807) is 30.3 Å². The molecule has 0 fully saturated rings. The van der Waals surface area contributed by atoms with Crippen LogP contribution in [0, 0.1) is 14.9 Å². The first-order chi connectivity index (χ1) is 16.2. The number of hydrogen-bond donors (Lipinski definition) is 4. The van der Waals surface area contributed by atoms with Crippen LogP contribution in [-0.4, -0.2) is 47.3 Å². The lowest BCUT2D eigenvalue weighted by atomic mass is 10.0. The molecule has 3 rings (SSSR count). The van der Waals surface area contributed by atoms with Gasteiger partial charge in [0.1, 0.15) is 30.2 Å². The molecule has 1 unspecified atom stereocenters.